The van der Waals surface area contributed by atoms with E-state index in [4.69, 9.17) is 0 Å². The van der Waals surface area contributed by atoms with Crippen molar-refractivity contribution in [1.29, 1.82) is 0 Å². The molecule has 0 atom stereocenters. The van der Waals surface area contributed by atoms with E-state index in [1.54, 1.807) is 35.2 Å². The number of benzene rings is 2. The zero-order chi connectivity index (χ0) is 17.1. The molecule has 0 aliphatic carbocycles. The number of hydrogen-bond acceptors (Lipinski definition) is 4. The Balaban J connectivity index is 1.76. The van der Waals surface area contributed by atoms with E-state index in [0.717, 1.165) is 30.5 Å². The molecule has 6 heteroatoms. The van der Waals surface area contributed by atoms with Crippen LogP contribution < -0.4 is 5.32 Å². The lowest BCUT2D eigenvalue weighted by atomic mass is 10.2. The van der Waals surface area contributed by atoms with Crippen molar-refractivity contribution in [2.75, 3.05) is 11.1 Å². The van der Waals surface area contributed by atoms with E-state index in [0.29, 0.717) is 11.5 Å². The lowest BCUT2D eigenvalue weighted by Gasteiger charge is -2.05. The Morgan fingerprint density at radius 3 is 2.88 bits per heavy atom. The number of nitrogens with zero attached hydrogens (tertiary/aromatic N) is 1. The Bertz CT molecular complexity index is 876. The molecule has 0 radical (unpaired) electrons. The molecule has 0 fully saturated rings. The Hall–Kier alpha value is -1.37. The summed E-state index contributed by atoms with van der Waals surface area (Å²) in [5.41, 5.74) is 2.39. The van der Waals surface area contributed by atoms with Crippen LogP contribution in [-0.4, -0.2) is 16.6 Å². The van der Waals surface area contributed by atoms with Gasteiger partial charge in [-0.25, -0.2) is 4.98 Å². The molecule has 3 aromatic rings. The number of hydrogen-bond donors (Lipinski definition) is 1. The van der Waals surface area contributed by atoms with Crippen LogP contribution in [0.2, 0.25) is 0 Å². The predicted molar refractivity (Wildman–Crippen MR) is 107 cm³/mol. The number of anilines is 1. The first-order chi connectivity index (χ1) is 11.5. The van der Waals surface area contributed by atoms with Gasteiger partial charge in [0.05, 0.1) is 10.2 Å². The second kappa shape index (κ2) is 7.68. The maximum absolute atomic E-state index is 12.3. The summed E-state index contributed by atoms with van der Waals surface area (Å²) < 4.78 is 3.06. The average Bonchev–Trinajstić information content (AvgIpc) is 2.95. The van der Waals surface area contributed by atoms with Crippen LogP contribution in [0.5, 0.6) is 0 Å². The number of fused-ring (bicyclic) bond motifs is 1. The van der Waals surface area contributed by atoms with Crippen molar-refractivity contribution in [2.45, 2.75) is 18.2 Å². The third-order valence-electron chi connectivity index (χ3n) is 3.25. The van der Waals surface area contributed by atoms with Gasteiger partial charge in [0, 0.05) is 21.5 Å². The van der Waals surface area contributed by atoms with Gasteiger partial charge in [0.15, 0.2) is 4.34 Å². The normalized spacial score (nSPS) is 11.2. The summed E-state index contributed by atoms with van der Waals surface area (Å²) in [7, 11) is 0. The highest BCUT2D eigenvalue weighted by atomic mass is 79.9. The average molecular weight is 421 g/mol. The zero-order valence-corrected chi connectivity index (χ0v) is 16.6. The molecule has 3 nitrogen and oxygen atoms in total. The highest BCUT2D eigenvalue weighted by molar-refractivity contribution is 9.10. The number of rotatable bonds is 5. The van der Waals surface area contributed by atoms with E-state index in [-0.39, 0.29) is 5.91 Å². The topological polar surface area (TPSA) is 42.0 Å². The minimum atomic E-state index is -0.116. The van der Waals surface area contributed by atoms with E-state index >= 15 is 0 Å². The number of thioether (sulfide) groups is 1. The van der Waals surface area contributed by atoms with Gasteiger partial charge in [0.2, 0.25) is 0 Å². The number of nitrogens with one attached hydrogen (secondary N) is 1. The number of carbonyl (C=O) groups is 1. The van der Waals surface area contributed by atoms with Gasteiger partial charge in [-0.3, -0.25) is 4.79 Å². The van der Waals surface area contributed by atoms with Gasteiger partial charge in [-0.05, 0) is 42.3 Å². The fourth-order valence-corrected chi connectivity index (χ4v) is 4.60. The summed E-state index contributed by atoms with van der Waals surface area (Å²) in [5, 5.41) is 2.95. The molecular weight excluding hydrogens is 404 g/mol. The first-order valence-electron chi connectivity index (χ1n) is 7.61. The van der Waals surface area contributed by atoms with Crippen LogP contribution in [-0.2, 0) is 0 Å². The van der Waals surface area contributed by atoms with Crippen molar-refractivity contribution in [3.63, 3.8) is 0 Å². The predicted octanol–water partition coefficient (Wildman–Crippen LogP) is 6.06. The molecular formula is C18H17BrN2OS2. The van der Waals surface area contributed by atoms with Crippen LogP contribution in [0.25, 0.3) is 10.2 Å². The molecule has 0 spiro atoms. The van der Waals surface area contributed by atoms with Crippen molar-refractivity contribution in [1.82, 2.24) is 4.98 Å². The zero-order valence-electron chi connectivity index (χ0n) is 13.4. The Labute approximate surface area is 158 Å². The van der Waals surface area contributed by atoms with E-state index in [1.165, 1.54) is 0 Å². The number of amides is 1. The summed E-state index contributed by atoms with van der Waals surface area (Å²) in [6.45, 7) is 4.41. The van der Waals surface area contributed by atoms with Crippen LogP contribution in [0.15, 0.2) is 51.3 Å². The van der Waals surface area contributed by atoms with Gasteiger partial charge < -0.3 is 5.32 Å². The Morgan fingerprint density at radius 1 is 1.29 bits per heavy atom. The van der Waals surface area contributed by atoms with Crippen LogP contribution in [0.3, 0.4) is 0 Å². The van der Waals surface area contributed by atoms with E-state index < -0.39 is 0 Å². The lowest BCUT2D eigenvalue weighted by molar-refractivity contribution is 0.102. The third kappa shape index (κ3) is 4.37. The SMILES string of the molecule is CC(C)CSc1nc2ccc(NC(=O)c3cccc(Br)c3)cc2s1. The monoisotopic (exact) mass is 420 g/mol. The molecule has 0 aliphatic rings. The second-order valence-corrected chi connectivity index (χ2v) is 9.05. The summed E-state index contributed by atoms with van der Waals surface area (Å²) >= 11 is 6.85. The Morgan fingerprint density at radius 2 is 2.12 bits per heavy atom. The molecule has 0 saturated carbocycles. The standard InChI is InChI=1S/C18H17BrN2OS2/c1-11(2)10-23-18-21-15-7-6-14(9-16(15)24-18)20-17(22)12-4-3-5-13(19)8-12/h3-9,11H,10H2,1-2H3,(H,20,22). The molecule has 0 aliphatic heterocycles. The van der Waals surface area contributed by atoms with Crippen LogP contribution in [0, 0.1) is 5.92 Å². The maximum Gasteiger partial charge on any atom is 0.255 e. The highest BCUT2D eigenvalue weighted by Crippen LogP contribution is 2.32. The molecule has 2 aromatic carbocycles. The maximum atomic E-state index is 12.3. The smallest absolute Gasteiger partial charge is 0.255 e. The van der Waals surface area contributed by atoms with Gasteiger partial charge in [-0.15, -0.1) is 11.3 Å². The van der Waals surface area contributed by atoms with Gasteiger partial charge in [0.25, 0.3) is 5.91 Å². The molecule has 1 heterocycles. The fourth-order valence-electron chi connectivity index (χ4n) is 2.11. The minimum absolute atomic E-state index is 0.116. The summed E-state index contributed by atoms with van der Waals surface area (Å²) in [6.07, 6.45) is 0. The van der Waals surface area contributed by atoms with Gasteiger partial charge >= 0.3 is 0 Å². The van der Waals surface area contributed by atoms with Crippen molar-refractivity contribution in [3.8, 4) is 0 Å². The molecule has 3 rings (SSSR count). The molecule has 124 valence electrons. The van der Waals surface area contributed by atoms with E-state index in [9.17, 15) is 4.79 Å². The van der Waals surface area contributed by atoms with E-state index in [2.05, 4.69) is 40.1 Å². The third-order valence-corrected chi connectivity index (χ3v) is 6.33. The Kier molecular flexibility index (Phi) is 5.58. The highest BCUT2D eigenvalue weighted by Gasteiger charge is 2.09. The molecule has 0 saturated heterocycles. The number of halogens is 1. The summed E-state index contributed by atoms with van der Waals surface area (Å²) in [5.74, 6) is 1.59. The molecule has 0 unspecified atom stereocenters. The lowest BCUT2D eigenvalue weighted by Crippen LogP contribution is -2.11. The molecule has 24 heavy (non-hydrogen) atoms. The number of carbonyl (C=O) groups excluding carboxylic acids is 1. The second-order valence-electron chi connectivity index (χ2n) is 5.83. The van der Waals surface area contributed by atoms with Crippen LogP contribution in [0.4, 0.5) is 5.69 Å². The van der Waals surface area contributed by atoms with Crippen LogP contribution >= 0.6 is 39.0 Å². The number of aromatic nitrogens is 1. The van der Waals surface area contributed by atoms with Crippen molar-refractivity contribution in [3.05, 3.63) is 52.5 Å². The fraction of sp³-hybridized carbons (Fsp3) is 0.222. The molecule has 1 aromatic heterocycles. The quantitative estimate of drug-likeness (QED) is 0.509. The largest absolute Gasteiger partial charge is 0.322 e. The first-order valence-corrected chi connectivity index (χ1v) is 10.2. The van der Waals surface area contributed by atoms with Gasteiger partial charge in [-0.2, -0.15) is 0 Å². The molecule has 1 N–H and O–H groups in total. The van der Waals surface area contributed by atoms with Gasteiger partial charge in [0.1, 0.15) is 0 Å². The van der Waals surface area contributed by atoms with Crippen LogP contribution in [0.1, 0.15) is 24.2 Å². The van der Waals surface area contributed by atoms with Gasteiger partial charge in [-0.1, -0.05) is 47.6 Å². The summed E-state index contributed by atoms with van der Waals surface area (Å²) in [6, 6.07) is 13.2. The minimum Gasteiger partial charge on any atom is -0.322 e. The summed E-state index contributed by atoms with van der Waals surface area (Å²) in [4.78, 5) is 17.0. The molecule has 1 amide bonds. The van der Waals surface area contributed by atoms with E-state index in [1.807, 2.05) is 30.3 Å². The van der Waals surface area contributed by atoms with Crippen molar-refractivity contribution >= 4 is 60.8 Å². The number of thiazole rings is 1. The van der Waals surface area contributed by atoms with Crippen molar-refractivity contribution in [2.24, 2.45) is 5.92 Å². The van der Waals surface area contributed by atoms with Crippen molar-refractivity contribution < 1.29 is 4.79 Å². The first kappa shape index (κ1) is 17.5. The molecule has 0 bridgehead atoms.